The van der Waals surface area contributed by atoms with Crippen LogP contribution in [0.2, 0.25) is 0 Å². The maximum atomic E-state index is 12.9. The number of esters is 1. The van der Waals surface area contributed by atoms with Gasteiger partial charge in [-0.25, -0.2) is 9.78 Å². The van der Waals surface area contributed by atoms with Gasteiger partial charge in [0.15, 0.2) is 0 Å². The summed E-state index contributed by atoms with van der Waals surface area (Å²) in [5.74, 6) is -1.02. The summed E-state index contributed by atoms with van der Waals surface area (Å²) in [6.45, 7) is -0.175. The Bertz CT molecular complexity index is 841. The number of thiophene rings is 1. The number of rotatable bonds is 4. The van der Waals surface area contributed by atoms with E-state index in [1.807, 2.05) is 16.8 Å². The van der Waals surface area contributed by atoms with Crippen LogP contribution in [-0.2, 0) is 17.5 Å². The molecule has 0 bridgehead atoms. The zero-order valence-corrected chi connectivity index (χ0v) is 13.7. The second-order valence-electron chi connectivity index (χ2n) is 4.78. The highest BCUT2D eigenvalue weighted by Crippen LogP contribution is 2.32. The Morgan fingerprint density at radius 1 is 1.17 bits per heavy atom. The molecule has 0 aliphatic rings. The van der Waals surface area contributed by atoms with Crippen LogP contribution in [0, 0.1) is 0 Å². The van der Waals surface area contributed by atoms with Gasteiger partial charge in [-0.05, 0) is 23.6 Å². The minimum Gasteiger partial charge on any atom is -0.456 e. The molecule has 24 heavy (non-hydrogen) atoms. The fourth-order valence-electron chi connectivity index (χ4n) is 2.02. The average molecular weight is 369 g/mol. The summed E-state index contributed by atoms with van der Waals surface area (Å²) in [7, 11) is 0. The molecule has 0 amide bonds. The smallest absolute Gasteiger partial charge is 0.417 e. The highest BCUT2D eigenvalue weighted by molar-refractivity contribution is 7.14. The quantitative estimate of drug-likeness (QED) is 0.590. The maximum absolute atomic E-state index is 12.9. The van der Waals surface area contributed by atoms with Crippen molar-refractivity contribution in [2.24, 2.45) is 0 Å². The molecule has 0 aliphatic heterocycles. The van der Waals surface area contributed by atoms with Gasteiger partial charge in [-0.1, -0.05) is 12.1 Å². The molecule has 8 heteroatoms. The lowest BCUT2D eigenvalue weighted by atomic mass is 10.1. The molecule has 0 radical (unpaired) electrons. The van der Waals surface area contributed by atoms with Crippen molar-refractivity contribution in [1.82, 2.24) is 4.98 Å². The lowest BCUT2D eigenvalue weighted by molar-refractivity contribution is -0.138. The van der Waals surface area contributed by atoms with E-state index in [-0.39, 0.29) is 6.61 Å². The number of aromatic nitrogens is 1. The van der Waals surface area contributed by atoms with Gasteiger partial charge in [0.2, 0.25) is 0 Å². The standard InChI is InChI=1S/C16H10F3NO2S2/c17-16(18,19)13-4-2-1-3-12(13)15(21)22-7-11-9-24-14(20-11)10-5-6-23-8-10/h1-6,8-9H,7H2. The lowest BCUT2D eigenvalue weighted by Gasteiger charge is -2.11. The van der Waals surface area contributed by atoms with Gasteiger partial charge >= 0.3 is 12.1 Å². The Morgan fingerprint density at radius 3 is 2.67 bits per heavy atom. The van der Waals surface area contributed by atoms with E-state index in [0.29, 0.717) is 5.69 Å². The number of carbonyl (C=O) groups is 1. The summed E-state index contributed by atoms with van der Waals surface area (Å²) in [4.78, 5) is 16.3. The molecule has 0 saturated carbocycles. The fourth-order valence-corrected chi connectivity index (χ4v) is 3.53. The number of carbonyl (C=O) groups excluding carboxylic acids is 1. The summed E-state index contributed by atoms with van der Waals surface area (Å²) in [6, 6.07) is 6.46. The van der Waals surface area contributed by atoms with E-state index in [1.165, 1.54) is 34.8 Å². The molecule has 2 aromatic heterocycles. The molecule has 0 atom stereocenters. The summed E-state index contributed by atoms with van der Waals surface area (Å²) in [5, 5.41) is 6.35. The maximum Gasteiger partial charge on any atom is 0.417 e. The topological polar surface area (TPSA) is 39.2 Å². The van der Waals surface area contributed by atoms with Crippen molar-refractivity contribution >= 4 is 28.6 Å². The van der Waals surface area contributed by atoms with E-state index in [2.05, 4.69) is 4.98 Å². The van der Waals surface area contributed by atoms with Crippen molar-refractivity contribution in [3.8, 4) is 10.6 Å². The third-order valence-electron chi connectivity index (χ3n) is 3.12. The summed E-state index contributed by atoms with van der Waals surface area (Å²) >= 11 is 2.92. The van der Waals surface area contributed by atoms with E-state index < -0.39 is 23.3 Å². The molecule has 0 unspecified atom stereocenters. The first kappa shape index (κ1) is 16.7. The molecule has 0 fully saturated rings. The minimum absolute atomic E-state index is 0.175. The molecule has 3 nitrogen and oxygen atoms in total. The van der Waals surface area contributed by atoms with E-state index in [9.17, 15) is 18.0 Å². The van der Waals surface area contributed by atoms with Crippen LogP contribution in [0.25, 0.3) is 10.6 Å². The summed E-state index contributed by atoms with van der Waals surface area (Å²) in [5.41, 5.74) is -0.0467. The molecule has 0 saturated heterocycles. The van der Waals surface area contributed by atoms with E-state index in [4.69, 9.17) is 4.74 Å². The van der Waals surface area contributed by atoms with Crippen molar-refractivity contribution in [3.05, 3.63) is 63.3 Å². The fraction of sp³-hybridized carbons (Fsp3) is 0.125. The van der Waals surface area contributed by atoms with Gasteiger partial charge in [0.25, 0.3) is 0 Å². The predicted molar refractivity (Wildman–Crippen MR) is 86.0 cm³/mol. The number of nitrogens with zero attached hydrogens (tertiary/aromatic N) is 1. The number of halogens is 3. The number of benzene rings is 1. The highest BCUT2D eigenvalue weighted by Gasteiger charge is 2.35. The Kier molecular flexibility index (Phi) is 4.68. The van der Waals surface area contributed by atoms with Gasteiger partial charge in [-0.2, -0.15) is 24.5 Å². The Balaban J connectivity index is 1.71. The highest BCUT2D eigenvalue weighted by atomic mass is 32.1. The van der Waals surface area contributed by atoms with Crippen molar-refractivity contribution < 1.29 is 22.7 Å². The van der Waals surface area contributed by atoms with Crippen molar-refractivity contribution in [2.45, 2.75) is 12.8 Å². The van der Waals surface area contributed by atoms with Crippen LogP contribution in [-0.4, -0.2) is 11.0 Å². The van der Waals surface area contributed by atoms with Crippen LogP contribution in [0.3, 0.4) is 0 Å². The molecule has 3 aromatic rings. The van der Waals surface area contributed by atoms with Crippen LogP contribution in [0.5, 0.6) is 0 Å². The van der Waals surface area contributed by atoms with Gasteiger partial charge in [0.1, 0.15) is 11.6 Å². The molecule has 0 spiro atoms. The third kappa shape index (κ3) is 3.65. The van der Waals surface area contributed by atoms with Gasteiger partial charge in [0, 0.05) is 16.3 Å². The van der Waals surface area contributed by atoms with E-state index >= 15 is 0 Å². The van der Waals surface area contributed by atoms with Crippen LogP contribution in [0.1, 0.15) is 21.6 Å². The molecule has 3 rings (SSSR count). The van der Waals surface area contributed by atoms with Crippen LogP contribution >= 0.6 is 22.7 Å². The molecular formula is C16H10F3NO2S2. The predicted octanol–water partition coefficient (Wildman–Crippen LogP) is 5.25. The first-order valence-electron chi connectivity index (χ1n) is 6.75. The first-order valence-corrected chi connectivity index (χ1v) is 8.58. The zero-order chi connectivity index (χ0) is 17.2. The van der Waals surface area contributed by atoms with Gasteiger partial charge < -0.3 is 4.74 Å². The Hall–Kier alpha value is -2.19. The molecule has 1 aromatic carbocycles. The average Bonchev–Trinajstić information content (AvgIpc) is 3.23. The minimum atomic E-state index is -4.61. The second-order valence-corrected chi connectivity index (χ2v) is 6.41. The Labute approximate surface area is 143 Å². The van der Waals surface area contributed by atoms with Crippen molar-refractivity contribution in [3.63, 3.8) is 0 Å². The van der Waals surface area contributed by atoms with Crippen LogP contribution in [0.4, 0.5) is 13.2 Å². The van der Waals surface area contributed by atoms with Crippen LogP contribution in [0.15, 0.2) is 46.5 Å². The zero-order valence-electron chi connectivity index (χ0n) is 12.0. The number of ether oxygens (including phenoxy) is 1. The van der Waals surface area contributed by atoms with Crippen molar-refractivity contribution in [1.29, 1.82) is 0 Å². The van der Waals surface area contributed by atoms with Gasteiger partial charge in [0.05, 0.1) is 16.8 Å². The normalized spacial score (nSPS) is 11.5. The second kappa shape index (κ2) is 6.74. The third-order valence-corrected chi connectivity index (χ3v) is 4.75. The molecule has 124 valence electrons. The Morgan fingerprint density at radius 2 is 1.96 bits per heavy atom. The van der Waals surface area contributed by atoms with Crippen LogP contribution < -0.4 is 0 Å². The number of alkyl halides is 3. The SMILES string of the molecule is O=C(OCc1csc(-c2ccsc2)n1)c1ccccc1C(F)(F)F. The number of hydrogen-bond donors (Lipinski definition) is 0. The van der Waals surface area contributed by atoms with E-state index in [0.717, 1.165) is 22.7 Å². The largest absolute Gasteiger partial charge is 0.456 e. The summed E-state index contributed by atoms with van der Waals surface area (Å²) < 4.78 is 43.7. The molecule has 0 N–H and O–H groups in total. The molecular weight excluding hydrogens is 359 g/mol. The monoisotopic (exact) mass is 369 g/mol. The van der Waals surface area contributed by atoms with Gasteiger partial charge in [-0.3, -0.25) is 0 Å². The van der Waals surface area contributed by atoms with E-state index in [1.54, 1.807) is 5.38 Å². The summed E-state index contributed by atoms with van der Waals surface area (Å²) in [6.07, 6.45) is -4.61. The van der Waals surface area contributed by atoms with Crippen molar-refractivity contribution in [2.75, 3.05) is 0 Å². The first-order chi connectivity index (χ1) is 11.4. The molecule has 0 aliphatic carbocycles. The number of thiazole rings is 1. The van der Waals surface area contributed by atoms with Gasteiger partial charge in [-0.15, -0.1) is 11.3 Å². The lowest BCUT2D eigenvalue weighted by Crippen LogP contribution is -2.15. The molecule has 2 heterocycles. The number of hydrogen-bond acceptors (Lipinski definition) is 5.